The maximum absolute atomic E-state index is 14.2. The number of halogens is 1. The largest absolute Gasteiger partial charge is 0.488 e. The average Bonchev–Trinajstić information content (AvgIpc) is 3.14. The highest BCUT2D eigenvalue weighted by Gasteiger charge is 2.26. The van der Waals surface area contributed by atoms with E-state index in [9.17, 15) is 17.6 Å². The Balaban J connectivity index is 1.51. The Morgan fingerprint density at radius 1 is 1.03 bits per heavy atom. The van der Waals surface area contributed by atoms with E-state index in [1.54, 1.807) is 42.5 Å². The Morgan fingerprint density at radius 2 is 1.71 bits per heavy atom. The molecule has 0 fully saturated rings. The van der Waals surface area contributed by atoms with Crippen molar-refractivity contribution in [3.05, 3.63) is 100 Å². The van der Waals surface area contributed by atoms with Gasteiger partial charge in [-0.25, -0.2) is 23.0 Å². The molecule has 0 aliphatic heterocycles. The Morgan fingerprint density at radius 3 is 2.34 bits per heavy atom. The summed E-state index contributed by atoms with van der Waals surface area (Å²) in [6.45, 7) is 1.92. The Labute approximate surface area is 220 Å². The molecule has 0 saturated carbocycles. The van der Waals surface area contributed by atoms with Crippen molar-refractivity contribution >= 4 is 45.7 Å². The van der Waals surface area contributed by atoms with Gasteiger partial charge in [-0.3, -0.25) is 9.63 Å². The maximum Gasteiger partial charge on any atom is 0.488 e. The fourth-order valence-corrected chi connectivity index (χ4v) is 4.92. The van der Waals surface area contributed by atoms with Crippen LogP contribution >= 0.6 is 0 Å². The van der Waals surface area contributed by atoms with Crippen LogP contribution in [0.3, 0.4) is 0 Å². The van der Waals surface area contributed by atoms with E-state index in [1.165, 1.54) is 31.3 Å². The normalized spacial score (nSPS) is 14.1. The minimum atomic E-state index is -3.56. The van der Waals surface area contributed by atoms with Crippen LogP contribution in [0.4, 0.5) is 4.39 Å². The van der Waals surface area contributed by atoms with E-state index in [4.69, 9.17) is 14.9 Å². The summed E-state index contributed by atoms with van der Waals surface area (Å²) in [6, 6.07) is 17.2. The van der Waals surface area contributed by atoms with Crippen molar-refractivity contribution in [2.24, 2.45) is 0 Å². The monoisotopic (exact) mass is 536 g/mol. The second-order valence-corrected chi connectivity index (χ2v) is 10.6. The highest BCUT2D eigenvalue weighted by Crippen LogP contribution is 2.43. The van der Waals surface area contributed by atoms with Crippen molar-refractivity contribution in [3.63, 3.8) is 0 Å². The zero-order valence-corrected chi connectivity index (χ0v) is 21.5. The lowest BCUT2D eigenvalue weighted by molar-refractivity contribution is -0.133. The molecule has 0 aromatic heterocycles. The molecule has 0 spiro atoms. The second kappa shape index (κ2) is 11.4. The van der Waals surface area contributed by atoms with Crippen molar-refractivity contribution in [3.8, 4) is 0 Å². The number of nitrogens with one attached hydrogen (secondary N) is 2. The van der Waals surface area contributed by atoms with E-state index in [-0.39, 0.29) is 17.9 Å². The molecule has 1 aliphatic carbocycles. The van der Waals surface area contributed by atoms with Crippen LogP contribution in [0.5, 0.6) is 0 Å². The van der Waals surface area contributed by atoms with Crippen LogP contribution in [0.2, 0.25) is 0 Å². The maximum atomic E-state index is 14.2. The Hall–Kier alpha value is -3.61. The van der Waals surface area contributed by atoms with E-state index in [2.05, 4.69) is 10.2 Å². The lowest BCUT2D eigenvalue weighted by Gasteiger charge is -2.09. The third-order valence-electron chi connectivity index (χ3n) is 6.26. The number of hydrogen-bond acceptors (Lipinski definition) is 6. The summed E-state index contributed by atoms with van der Waals surface area (Å²) >= 11 is 0. The summed E-state index contributed by atoms with van der Waals surface area (Å²) in [5.41, 5.74) is 7.85. The first-order valence-corrected chi connectivity index (χ1v) is 13.2. The zero-order chi connectivity index (χ0) is 27.4. The number of fused-ring (bicyclic) bond motifs is 1. The fraction of sp³-hybridized carbons (Fsp3) is 0.148. The number of sulfonamides is 1. The van der Waals surface area contributed by atoms with Crippen LogP contribution < -0.4 is 15.7 Å². The number of hydrogen-bond donors (Lipinski definition) is 4. The van der Waals surface area contributed by atoms with Gasteiger partial charge in [0.25, 0.3) is 0 Å². The number of amides is 1. The van der Waals surface area contributed by atoms with Gasteiger partial charge in [0.2, 0.25) is 15.9 Å². The van der Waals surface area contributed by atoms with E-state index >= 15 is 0 Å². The van der Waals surface area contributed by atoms with Crippen LogP contribution in [0, 0.1) is 5.82 Å². The first-order valence-electron chi connectivity index (χ1n) is 11.7. The van der Waals surface area contributed by atoms with Gasteiger partial charge in [0.15, 0.2) is 0 Å². The number of benzene rings is 3. The quantitative estimate of drug-likeness (QED) is 0.246. The number of carbonyl (C=O) groups excluding carboxylic acids is 1. The number of hydroxylamine groups is 1. The molecular weight excluding hydrogens is 510 g/mol. The van der Waals surface area contributed by atoms with Crippen LogP contribution in [-0.2, 0) is 26.3 Å². The van der Waals surface area contributed by atoms with Gasteiger partial charge in [-0.2, -0.15) is 0 Å². The molecule has 0 unspecified atom stereocenters. The summed E-state index contributed by atoms with van der Waals surface area (Å²) in [5.74, 6) is -0.843. The first-order chi connectivity index (χ1) is 18.1. The van der Waals surface area contributed by atoms with Gasteiger partial charge < -0.3 is 10.0 Å². The number of allylic oxidation sites excluding steroid dienone is 2. The summed E-state index contributed by atoms with van der Waals surface area (Å²) < 4.78 is 40.4. The Bertz CT molecular complexity index is 1520. The molecule has 11 heteroatoms. The third kappa shape index (κ3) is 6.09. The molecule has 8 nitrogen and oxygen atoms in total. The van der Waals surface area contributed by atoms with Gasteiger partial charge in [-0.05, 0) is 88.7 Å². The summed E-state index contributed by atoms with van der Waals surface area (Å²) in [5, 5.41) is 18.3. The van der Waals surface area contributed by atoms with Crippen LogP contribution in [-0.4, -0.2) is 38.5 Å². The number of carbonyl (C=O) groups is 1. The van der Waals surface area contributed by atoms with E-state index < -0.39 is 28.9 Å². The topological polar surface area (TPSA) is 125 Å². The fourth-order valence-electron chi connectivity index (χ4n) is 4.19. The van der Waals surface area contributed by atoms with Gasteiger partial charge in [0, 0.05) is 0 Å². The Kier molecular flexibility index (Phi) is 8.24. The lowest BCUT2D eigenvalue weighted by Crippen LogP contribution is -2.29. The highest BCUT2D eigenvalue weighted by atomic mass is 32.2. The van der Waals surface area contributed by atoms with Crippen molar-refractivity contribution in [1.82, 2.24) is 10.2 Å². The average molecular weight is 536 g/mol. The predicted octanol–water partition coefficient (Wildman–Crippen LogP) is 2.38. The minimum absolute atomic E-state index is 0.0470. The van der Waals surface area contributed by atoms with Crippen LogP contribution in [0.1, 0.15) is 35.6 Å². The standard InChI is InChI=1S/C27H26BFN2O6S/c1-17-24(13-18-5-10-22(11-6-18)38(35,36)30-2)23-12-9-21(29)14-26(23)25(17)15-27(32)31-37-16-19-3-7-20(8-4-19)28(33)34/h3-14,30,33-34H,15-16H2,1-2H3,(H,31,32). The van der Waals surface area contributed by atoms with E-state index in [0.29, 0.717) is 16.6 Å². The molecule has 4 N–H and O–H groups in total. The van der Waals surface area contributed by atoms with Gasteiger partial charge in [0.1, 0.15) is 5.82 Å². The van der Waals surface area contributed by atoms with Gasteiger partial charge >= 0.3 is 7.12 Å². The van der Waals surface area contributed by atoms with Crippen LogP contribution in [0.25, 0.3) is 17.2 Å². The van der Waals surface area contributed by atoms with Gasteiger partial charge in [0.05, 0.1) is 17.9 Å². The molecule has 0 radical (unpaired) electrons. The van der Waals surface area contributed by atoms with Gasteiger partial charge in [-0.1, -0.05) is 42.5 Å². The molecule has 0 bridgehead atoms. The molecule has 196 valence electrons. The summed E-state index contributed by atoms with van der Waals surface area (Å²) in [4.78, 5) is 18.1. The molecular formula is C27H26BFN2O6S. The van der Waals surface area contributed by atoms with Crippen molar-refractivity contribution in [2.75, 3.05) is 7.05 Å². The molecule has 1 aliphatic rings. The van der Waals surface area contributed by atoms with Crippen molar-refractivity contribution in [2.45, 2.75) is 24.8 Å². The minimum Gasteiger partial charge on any atom is -0.423 e. The molecule has 4 rings (SSSR count). The molecule has 0 atom stereocenters. The molecule has 38 heavy (non-hydrogen) atoms. The summed E-state index contributed by atoms with van der Waals surface area (Å²) in [6.07, 6.45) is 1.82. The second-order valence-electron chi connectivity index (χ2n) is 8.73. The van der Waals surface area contributed by atoms with Crippen molar-refractivity contribution in [1.29, 1.82) is 0 Å². The molecule has 3 aromatic rings. The predicted molar refractivity (Wildman–Crippen MR) is 143 cm³/mol. The zero-order valence-electron chi connectivity index (χ0n) is 20.7. The first kappa shape index (κ1) is 27.4. The molecule has 0 saturated heterocycles. The van der Waals surface area contributed by atoms with Crippen molar-refractivity contribution < 1.29 is 32.5 Å². The number of rotatable bonds is 9. The van der Waals surface area contributed by atoms with E-state index in [1.807, 2.05) is 13.0 Å². The lowest BCUT2D eigenvalue weighted by atomic mass is 9.80. The van der Waals surface area contributed by atoms with Crippen LogP contribution in [0.15, 0.2) is 77.2 Å². The van der Waals surface area contributed by atoms with E-state index in [0.717, 1.165) is 27.8 Å². The smallest absolute Gasteiger partial charge is 0.423 e. The molecule has 0 heterocycles. The molecule has 3 aromatic carbocycles. The third-order valence-corrected chi connectivity index (χ3v) is 7.69. The molecule has 1 amide bonds. The van der Waals surface area contributed by atoms with Gasteiger partial charge in [-0.15, -0.1) is 0 Å². The SMILES string of the molecule is CNS(=O)(=O)c1ccc(C=C2C(C)=C(CC(=O)NOCc3ccc(B(O)O)cc3)c3cc(F)ccc32)cc1. The highest BCUT2D eigenvalue weighted by molar-refractivity contribution is 7.89. The summed E-state index contributed by atoms with van der Waals surface area (Å²) in [7, 11) is -3.77.